The number of rotatable bonds is 5. The Labute approximate surface area is 132 Å². The van der Waals surface area contributed by atoms with Crippen LogP contribution in [0.2, 0.25) is 0 Å². The van der Waals surface area contributed by atoms with Gasteiger partial charge in [-0.1, -0.05) is 36.0 Å². The molecule has 0 N–H and O–H groups in total. The van der Waals surface area contributed by atoms with Gasteiger partial charge in [-0.15, -0.1) is 5.10 Å². The molecule has 0 saturated heterocycles. The number of Topliss-reactive ketones (excluding diaryl/α,β-unsaturated/α-hetero) is 1. The molecule has 2 aromatic heterocycles. The summed E-state index contributed by atoms with van der Waals surface area (Å²) in [5.74, 6) is 1.15. The largest absolute Gasteiger partial charge is 0.299 e. The maximum atomic E-state index is 11.9. The van der Waals surface area contributed by atoms with Gasteiger partial charge in [0.15, 0.2) is 11.5 Å². The van der Waals surface area contributed by atoms with Crippen molar-refractivity contribution >= 4 is 23.2 Å². The molecule has 5 heteroatoms. The molecule has 0 bridgehead atoms. The molecule has 1 fully saturated rings. The molecular formula is C17H15N3OS. The van der Waals surface area contributed by atoms with Gasteiger partial charge >= 0.3 is 0 Å². The Bertz CT molecular complexity index is 824. The van der Waals surface area contributed by atoms with Crippen molar-refractivity contribution in [3.8, 4) is 0 Å². The highest BCUT2D eigenvalue weighted by Gasteiger charge is 2.30. The van der Waals surface area contributed by atoms with Gasteiger partial charge in [0.25, 0.3) is 0 Å². The molecule has 0 aliphatic heterocycles. The molecule has 0 unspecified atom stereocenters. The quantitative estimate of drug-likeness (QED) is 0.724. The first-order valence-electron chi connectivity index (χ1n) is 7.40. The summed E-state index contributed by atoms with van der Waals surface area (Å²) in [4.78, 5) is 17.6. The summed E-state index contributed by atoms with van der Waals surface area (Å²) >= 11 is 1.64. The van der Waals surface area contributed by atoms with Crippen molar-refractivity contribution in [2.45, 2.75) is 29.2 Å². The summed E-state index contributed by atoms with van der Waals surface area (Å²) in [7, 11) is 0. The van der Waals surface area contributed by atoms with Gasteiger partial charge in [0.05, 0.1) is 6.42 Å². The molecule has 2 heterocycles. The normalized spacial score (nSPS) is 14.4. The maximum absolute atomic E-state index is 11.9. The van der Waals surface area contributed by atoms with Crippen LogP contribution < -0.4 is 0 Å². The lowest BCUT2D eigenvalue weighted by atomic mass is 10.2. The van der Waals surface area contributed by atoms with Crippen LogP contribution in [0, 0.1) is 5.92 Å². The van der Waals surface area contributed by atoms with Crippen molar-refractivity contribution in [3.63, 3.8) is 0 Å². The van der Waals surface area contributed by atoms with E-state index < -0.39 is 0 Å². The lowest BCUT2D eigenvalue weighted by Gasteiger charge is -2.03. The molecule has 0 spiro atoms. The minimum Gasteiger partial charge on any atom is -0.299 e. The summed E-state index contributed by atoms with van der Waals surface area (Å²) in [6.45, 7) is 0. The van der Waals surface area contributed by atoms with Gasteiger partial charge in [0.2, 0.25) is 0 Å². The Morgan fingerprint density at radius 2 is 1.95 bits per heavy atom. The van der Waals surface area contributed by atoms with E-state index in [2.05, 4.69) is 22.2 Å². The molecule has 1 aliphatic rings. The molecule has 0 amide bonds. The first-order valence-corrected chi connectivity index (χ1v) is 8.21. The van der Waals surface area contributed by atoms with Gasteiger partial charge in [-0.25, -0.2) is 9.50 Å². The number of nitrogens with zero attached hydrogens (tertiary/aromatic N) is 3. The highest BCUT2D eigenvalue weighted by atomic mass is 32.2. The second kappa shape index (κ2) is 5.57. The third-order valence-electron chi connectivity index (χ3n) is 3.70. The van der Waals surface area contributed by atoms with E-state index in [4.69, 9.17) is 0 Å². The summed E-state index contributed by atoms with van der Waals surface area (Å²) in [6, 6.07) is 16.1. The molecule has 110 valence electrons. The molecule has 0 radical (unpaired) electrons. The summed E-state index contributed by atoms with van der Waals surface area (Å²) in [5.41, 5.74) is 0.791. The van der Waals surface area contributed by atoms with E-state index in [0.717, 1.165) is 28.4 Å². The number of aromatic nitrogens is 3. The molecule has 4 rings (SSSR count). The van der Waals surface area contributed by atoms with Crippen molar-refractivity contribution in [2.75, 3.05) is 0 Å². The van der Waals surface area contributed by atoms with Crippen molar-refractivity contribution in [2.24, 2.45) is 5.92 Å². The number of pyridine rings is 1. The topological polar surface area (TPSA) is 47.3 Å². The molecule has 4 nitrogen and oxygen atoms in total. The van der Waals surface area contributed by atoms with Crippen LogP contribution in [0.3, 0.4) is 0 Å². The average molecular weight is 309 g/mol. The Hall–Kier alpha value is -2.14. The zero-order valence-electron chi connectivity index (χ0n) is 12.0. The SMILES string of the molecule is O=C(Cc1nc2cccc(Sc3ccccc3)n2n1)C1CC1. The van der Waals surface area contributed by atoms with Crippen LogP contribution >= 0.6 is 11.8 Å². The van der Waals surface area contributed by atoms with Crippen molar-refractivity contribution in [3.05, 3.63) is 54.4 Å². The number of carbonyl (C=O) groups is 1. The Kier molecular flexibility index (Phi) is 3.42. The van der Waals surface area contributed by atoms with E-state index in [0.29, 0.717) is 12.2 Å². The molecular weight excluding hydrogens is 294 g/mol. The average Bonchev–Trinajstić information content (AvgIpc) is 3.30. The molecule has 3 aromatic rings. The van der Waals surface area contributed by atoms with E-state index in [1.54, 1.807) is 11.8 Å². The highest BCUT2D eigenvalue weighted by Crippen LogP contribution is 2.31. The van der Waals surface area contributed by atoms with E-state index in [1.165, 1.54) is 0 Å². The van der Waals surface area contributed by atoms with Crippen LogP contribution in [-0.2, 0) is 11.2 Å². The van der Waals surface area contributed by atoms with Gasteiger partial charge in [0.1, 0.15) is 10.8 Å². The van der Waals surface area contributed by atoms with E-state index in [9.17, 15) is 4.79 Å². The predicted octanol–water partition coefficient (Wildman–Crippen LogP) is 3.40. The van der Waals surface area contributed by atoms with E-state index in [1.807, 2.05) is 40.9 Å². The monoisotopic (exact) mass is 309 g/mol. The highest BCUT2D eigenvalue weighted by molar-refractivity contribution is 7.99. The van der Waals surface area contributed by atoms with Gasteiger partial charge in [-0.2, -0.15) is 0 Å². The fraction of sp³-hybridized carbons (Fsp3) is 0.235. The lowest BCUT2D eigenvalue weighted by Crippen LogP contribution is -2.06. The van der Waals surface area contributed by atoms with Crippen LogP contribution in [0.4, 0.5) is 0 Å². The molecule has 22 heavy (non-hydrogen) atoms. The zero-order chi connectivity index (χ0) is 14.9. The number of hydrogen-bond donors (Lipinski definition) is 0. The summed E-state index contributed by atoms with van der Waals surface area (Å²) in [6.07, 6.45) is 2.41. The fourth-order valence-corrected chi connectivity index (χ4v) is 3.29. The van der Waals surface area contributed by atoms with Gasteiger partial charge < -0.3 is 0 Å². The Balaban J connectivity index is 1.64. The maximum Gasteiger partial charge on any atom is 0.159 e. The van der Waals surface area contributed by atoms with Crippen LogP contribution in [0.1, 0.15) is 18.7 Å². The van der Waals surface area contributed by atoms with Gasteiger partial charge in [-0.05, 0) is 37.1 Å². The minimum atomic E-state index is 0.254. The van der Waals surface area contributed by atoms with Crippen molar-refractivity contribution in [1.29, 1.82) is 0 Å². The summed E-state index contributed by atoms with van der Waals surface area (Å²) in [5, 5.41) is 5.52. The summed E-state index contributed by atoms with van der Waals surface area (Å²) < 4.78 is 1.83. The second-order valence-electron chi connectivity index (χ2n) is 5.49. The van der Waals surface area contributed by atoms with Crippen molar-refractivity contribution < 1.29 is 4.79 Å². The van der Waals surface area contributed by atoms with Crippen LogP contribution in [0.15, 0.2) is 58.5 Å². The van der Waals surface area contributed by atoms with E-state index >= 15 is 0 Å². The number of fused-ring (bicyclic) bond motifs is 1. The number of carbonyl (C=O) groups excluding carboxylic acids is 1. The number of benzene rings is 1. The smallest absolute Gasteiger partial charge is 0.159 e. The molecule has 1 aliphatic carbocycles. The number of ketones is 1. The Morgan fingerprint density at radius 3 is 2.73 bits per heavy atom. The van der Waals surface area contributed by atoms with Crippen molar-refractivity contribution in [1.82, 2.24) is 14.6 Å². The Morgan fingerprint density at radius 1 is 1.14 bits per heavy atom. The van der Waals surface area contributed by atoms with Crippen LogP contribution in [0.5, 0.6) is 0 Å². The van der Waals surface area contributed by atoms with Crippen LogP contribution in [-0.4, -0.2) is 20.4 Å². The van der Waals surface area contributed by atoms with Gasteiger partial charge in [0, 0.05) is 10.8 Å². The number of hydrogen-bond acceptors (Lipinski definition) is 4. The lowest BCUT2D eigenvalue weighted by molar-refractivity contribution is -0.119. The first kappa shape index (κ1) is 13.5. The second-order valence-corrected chi connectivity index (χ2v) is 6.59. The third kappa shape index (κ3) is 2.76. The third-order valence-corrected chi connectivity index (χ3v) is 4.73. The predicted molar refractivity (Wildman–Crippen MR) is 85.0 cm³/mol. The first-order chi connectivity index (χ1) is 10.8. The fourth-order valence-electron chi connectivity index (χ4n) is 2.39. The van der Waals surface area contributed by atoms with Gasteiger partial charge in [-0.3, -0.25) is 4.79 Å². The minimum absolute atomic E-state index is 0.254. The molecule has 0 atom stereocenters. The molecule has 1 saturated carbocycles. The molecule has 1 aromatic carbocycles. The standard InChI is InChI=1S/C17H15N3OS/c21-14(12-9-10-12)11-15-18-16-7-4-8-17(20(16)19-15)22-13-5-2-1-3-6-13/h1-8,12H,9-11H2. The van der Waals surface area contributed by atoms with E-state index in [-0.39, 0.29) is 11.7 Å². The van der Waals surface area contributed by atoms with Crippen LogP contribution in [0.25, 0.3) is 5.65 Å². The zero-order valence-corrected chi connectivity index (χ0v) is 12.8.